The molecule has 2 N–H and O–H groups in total. The number of nitrogens with one attached hydrogen (secondary N) is 2. The van der Waals surface area contributed by atoms with Gasteiger partial charge >= 0.3 is 5.97 Å². The summed E-state index contributed by atoms with van der Waals surface area (Å²) < 4.78 is 11.3. The Hall–Kier alpha value is -3.92. The lowest BCUT2D eigenvalue weighted by molar-refractivity contribution is -0.146. The zero-order valence-electron chi connectivity index (χ0n) is 16.5. The van der Waals surface area contributed by atoms with Crippen LogP contribution in [0.15, 0.2) is 63.5 Å². The van der Waals surface area contributed by atoms with Crippen LogP contribution in [0, 0.1) is 0 Å². The van der Waals surface area contributed by atoms with Crippen LogP contribution >= 0.6 is 11.3 Å². The molecule has 2 aromatic carbocycles. The van der Waals surface area contributed by atoms with Crippen LogP contribution in [0.2, 0.25) is 0 Å². The molecule has 158 valence electrons. The third kappa shape index (κ3) is 4.64. The molecule has 0 aliphatic rings. The number of ether oxygens (including phenoxy) is 2. The van der Waals surface area contributed by atoms with Gasteiger partial charge in [-0.15, -0.1) is 11.3 Å². The Morgan fingerprint density at radius 2 is 1.87 bits per heavy atom. The molecule has 0 bridgehead atoms. The zero-order valence-corrected chi connectivity index (χ0v) is 17.3. The molecular formula is C21H18N4O5S. The molecule has 2 aromatic heterocycles. The van der Waals surface area contributed by atoms with Crippen LogP contribution in [0.3, 0.4) is 0 Å². The van der Waals surface area contributed by atoms with Gasteiger partial charge in [0.1, 0.15) is 18.9 Å². The minimum atomic E-state index is -0.661. The highest BCUT2D eigenvalue weighted by Gasteiger charge is 2.12. The monoisotopic (exact) mass is 438 g/mol. The number of fused-ring (bicyclic) bond motifs is 1. The summed E-state index contributed by atoms with van der Waals surface area (Å²) in [5.74, 6) is 0.0925. The summed E-state index contributed by atoms with van der Waals surface area (Å²) in [5, 5.41) is 8.49. The fourth-order valence-corrected chi connectivity index (χ4v) is 3.63. The van der Waals surface area contributed by atoms with Crippen LogP contribution in [0.5, 0.6) is 5.75 Å². The Labute approximate surface area is 179 Å². The number of aromatic amines is 1. The van der Waals surface area contributed by atoms with E-state index < -0.39 is 23.6 Å². The van der Waals surface area contributed by atoms with Crippen LogP contribution in [-0.2, 0) is 22.7 Å². The van der Waals surface area contributed by atoms with E-state index in [9.17, 15) is 14.4 Å². The number of anilines is 2. The normalized spacial score (nSPS) is 10.7. The van der Waals surface area contributed by atoms with Crippen LogP contribution in [0.1, 0.15) is 5.69 Å². The number of nitrogens with zero attached hydrogens (tertiary/aromatic N) is 2. The molecule has 31 heavy (non-hydrogen) atoms. The predicted molar refractivity (Wildman–Crippen MR) is 117 cm³/mol. The largest absolute Gasteiger partial charge is 0.497 e. The molecule has 0 aliphatic carbocycles. The Balaban J connectivity index is 1.37. The Kier molecular flexibility index (Phi) is 5.80. The number of H-pyrrole nitrogens is 1. The van der Waals surface area contributed by atoms with E-state index in [1.54, 1.807) is 36.8 Å². The molecule has 0 spiro atoms. The van der Waals surface area contributed by atoms with Crippen molar-refractivity contribution in [1.82, 2.24) is 14.8 Å². The number of carbonyl (C=O) groups is 1. The second kappa shape index (κ2) is 8.84. The molecule has 0 atom stereocenters. The number of rotatable bonds is 7. The van der Waals surface area contributed by atoms with Gasteiger partial charge in [0.05, 0.1) is 23.6 Å². The fraction of sp³-hybridized carbons (Fsp3) is 0.143. The summed E-state index contributed by atoms with van der Waals surface area (Å²) in [5.41, 5.74) is 0.496. The van der Waals surface area contributed by atoms with Crippen molar-refractivity contribution in [3.8, 4) is 5.75 Å². The molecule has 0 saturated heterocycles. The molecule has 0 radical (unpaired) electrons. The molecule has 0 saturated carbocycles. The summed E-state index contributed by atoms with van der Waals surface area (Å²) in [6.07, 6.45) is 0. The first-order valence-electron chi connectivity index (χ1n) is 9.26. The maximum atomic E-state index is 12.5. The summed E-state index contributed by atoms with van der Waals surface area (Å²) in [6, 6.07) is 13.8. The molecular weight excluding hydrogens is 420 g/mol. The second-order valence-corrected chi connectivity index (χ2v) is 7.39. The van der Waals surface area contributed by atoms with Crippen LogP contribution in [0.25, 0.3) is 10.8 Å². The van der Waals surface area contributed by atoms with E-state index in [0.717, 1.165) is 16.1 Å². The number of benzene rings is 2. The van der Waals surface area contributed by atoms with Gasteiger partial charge < -0.3 is 14.8 Å². The maximum Gasteiger partial charge on any atom is 0.328 e. The average Bonchev–Trinajstić information content (AvgIpc) is 3.24. The number of aromatic nitrogens is 3. The van der Waals surface area contributed by atoms with Gasteiger partial charge in [0.2, 0.25) is 0 Å². The van der Waals surface area contributed by atoms with E-state index in [1.165, 1.54) is 11.3 Å². The molecule has 2 heterocycles. The lowest BCUT2D eigenvalue weighted by atomic mass is 10.2. The molecule has 4 rings (SSSR count). The van der Waals surface area contributed by atoms with Gasteiger partial charge in [-0.05, 0) is 36.4 Å². The predicted octanol–water partition coefficient (Wildman–Crippen LogP) is 2.64. The topological polar surface area (TPSA) is 115 Å². The summed E-state index contributed by atoms with van der Waals surface area (Å²) >= 11 is 1.37. The smallest absolute Gasteiger partial charge is 0.328 e. The van der Waals surface area contributed by atoms with E-state index >= 15 is 0 Å². The highest BCUT2D eigenvalue weighted by atomic mass is 32.1. The van der Waals surface area contributed by atoms with E-state index in [-0.39, 0.29) is 17.4 Å². The highest BCUT2D eigenvalue weighted by molar-refractivity contribution is 7.13. The average molecular weight is 438 g/mol. The summed E-state index contributed by atoms with van der Waals surface area (Å²) in [7, 11) is 1.60. The van der Waals surface area contributed by atoms with Crippen molar-refractivity contribution in [3.63, 3.8) is 0 Å². The van der Waals surface area contributed by atoms with E-state index in [2.05, 4.69) is 15.4 Å². The second-order valence-electron chi connectivity index (χ2n) is 6.54. The number of thiazole rings is 1. The molecule has 0 amide bonds. The molecule has 0 aliphatic heterocycles. The van der Waals surface area contributed by atoms with Gasteiger partial charge in [-0.1, -0.05) is 12.1 Å². The minimum Gasteiger partial charge on any atom is -0.497 e. The van der Waals surface area contributed by atoms with Gasteiger partial charge in [-0.25, -0.2) is 9.67 Å². The number of methoxy groups -OCH3 is 1. The van der Waals surface area contributed by atoms with Gasteiger partial charge in [0, 0.05) is 11.1 Å². The van der Waals surface area contributed by atoms with Crippen molar-refractivity contribution < 1.29 is 14.3 Å². The molecule has 9 nitrogen and oxygen atoms in total. The number of hydrogen-bond acceptors (Lipinski definition) is 8. The van der Waals surface area contributed by atoms with Crippen molar-refractivity contribution in [3.05, 3.63) is 80.3 Å². The lowest BCUT2D eigenvalue weighted by Crippen LogP contribution is -2.32. The first-order valence-corrected chi connectivity index (χ1v) is 10.1. The van der Waals surface area contributed by atoms with Crippen molar-refractivity contribution in [1.29, 1.82) is 0 Å². The highest BCUT2D eigenvalue weighted by Crippen LogP contribution is 2.23. The number of esters is 1. The third-order valence-corrected chi connectivity index (χ3v) is 5.25. The van der Waals surface area contributed by atoms with E-state index in [1.807, 2.05) is 24.3 Å². The summed E-state index contributed by atoms with van der Waals surface area (Å²) in [4.78, 5) is 41.1. The minimum absolute atomic E-state index is 0.0494. The van der Waals surface area contributed by atoms with Gasteiger partial charge in [-0.2, -0.15) is 0 Å². The number of hydrogen-bond donors (Lipinski definition) is 2. The third-order valence-electron chi connectivity index (χ3n) is 4.45. The van der Waals surface area contributed by atoms with Crippen molar-refractivity contribution in [2.45, 2.75) is 13.2 Å². The SMILES string of the molecule is COc1ccc(Nc2nc(COC(=O)Cn3[nH]c(=O)c4ccccc4c3=O)cs2)cc1. The van der Waals surface area contributed by atoms with Gasteiger partial charge in [-0.3, -0.25) is 19.5 Å². The van der Waals surface area contributed by atoms with Crippen molar-refractivity contribution in [2.75, 3.05) is 12.4 Å². The molecule has 0 fully saturated rings. The fourth-order valence-electron chi connectivity index (χ4n) is 2.92. The molecule has 0 unspecified atom stereocenters. The first-order chi connectivity index (χ1) is 15.0. The molecule has 10 heteroatoms. The van der Waals surface area contributed by atoms with Crippen LogP contribution in [-0.4, -0.2) is 27.8 Å². The quantitative estimate of drug-likeness (QED) is 0.426. The Bertz CT molecular complexity index is 1340. The Morgan fingerprint density at radius 3 is 2.61 bits per heavy atom. The first kappa shape index (κ1) is 20.4. The molecule has 4 aromatic rings. The van der Waals surface area contributed by atoms with Crippen molar-refractivity contribution >= 4 is 38.9 Å². The number of carbonyl (C=O) groups excluding carboxylic acids is 1. The zero-order chi connectivity index (χ0) is 21.8. The van der Waals surface area contributed by atoms with Gasteiger partial charge in [0.25, 0.3) is 11.1 Å². The van der Waals surface area contributed by atoms with Crippen LogP contribution in [0.4, 0.5) is 10.8 Å². The van der Waals surface area contributed by atoms with E-state index in [0.29, 0.717) is 10.8 Å². The van der Waals surface area contributed by atoms with Crippen LogP contribution < -0.4 is 21.2 Å². The van der Waals surface area contributed by atoms with Crippen molar-refractivity contribution in [2.24, 2.45) is 0 Å². The summed E-state index contributed by atoms with van der Waals surface area (Å²) in [6.45, 7) is -0.452. The lowest BCUT2D eigenvalue weighted by Gasteiger charge is -2.07. The van der Waals surface area contributed by atoms with Gasteiger partial charge in [0.15, 0.2) is 5.13 Å². The van der Waals surface area contributed by atoms with E-state index in [4.69, 9.17) is 9.47 Å². The standard InChI is InChI=1S/C21H18N4O5S/c1-29-15-8-6-13(7-9-15)22-21-23-14(12-31-21)11-30-18(26)10-25-20(28)17-5-3-2-4-16(17)19(27)24-25/h2-9,12H,10-11H2,1H3,(H,22,23)(H,24,27). The maximum absolute atomic E-state index is 12.5. The Morgan fingerprint density at radius 1 is 1.13 bits per heavy atom.